The van der Waals surface area contributed by atoms with Crippen LogP contribution in [0.2, 0.25) is 0 Å². The minimum absolute atomic E-state index is 0.0794. The maximum absolute atomic E-state index is 12.9. The van der Waals surface area contributed by atoms with Gasteiger partial charge in [0.15, 0.2) is 0 Å². The van der Waals surface area contributed by atoms with Crippen molar-refractivity contribution in [1.29, 1.82) is 0 Å². The number of aromatic amines is 1. The molecule has 1 aromatic carbocycles. The first-order valence-corrected chi connectivity index (χ1v) is 10.1. The summed E-state index contributed by atoms with van der Waals surface area (Å²) >= 11 is 0. The average molecular weight is 363 g/mol. The molecule has 2 aromatic rings. The van der Waals surface area contributed by atoms with Gasteiger partial charge in [-0.15, -0.1) is 0 Å². The van der Waals surface area contributed by atoms with Crippen molar-refractivity contribution >= 4 is 35.8 Å². The van der Waals surface area contributed by atoms with Crippen LogP contribution in [-0.4, -0.2) is 61.3 Å². The van der Waals surface area contributed by atoms with E-state index in [1.807, 2.05) is 32.6 Å². The molecule has 1 N–H and O–H groups in total. The Labute approximate surface area is 164 Å². The largest absolute Gasteiger partial charge is 0.368 e. The van der Waals surface area contributed by atoms with Gasteiger partial charge in [0, 0.05) is 36.6 Å². The maximum Gasteiger partial charge on any atom is 0.230 e. The molecule has 2 heterocycles. The van der Waals surface area contributed by atoms with E-state index in [-0.39, 0.29) is 17.9 Å². The smallest absolute Gasteiger partial charge is 0.230 e. The van der Waals surface area contributed by atoms with Crippen molar-refractivity contribution < 1.29 is 4.79 Å². The van der Waals surface area contributed by atoms with Crippen molar-refractivity contribution in [3.8, 4) is 0 Å². The van der Waals surface area contributed by atoms with E-state index in [0.717, 1.165) is 37.2 Å². The maximum atomic E-state index is 12.9. The zero-order valence-electron chi connectivity index (χ0n) is 17.2. The van der Waals surface area contributed by atoms with Gasteiger partial charge in [-0.3, -0.25) is 9.69 Å². The third kappa shape index (κ3) is 3.23. The molecule has 1 aliphatic carbocycles. The lowest BCUT2D eigenvalue weighted by molar-refractivity contribution is -0.134. The molecule has 0 spiro atoms. The molecule has 0 saturated carbocycles. The lowest BCUT2D eigenvalue weighted by Crippen LogP contribution is -2.48. The molecule has 1 aromatic heterocycles. The summed E-state index contributed by atoms with van der Waals surface area (Å²) in [5.41, 5.74) is 5.57. The van der Waals surface area contributed by atoms with Crippen LogP contribution in [0.5, 0.6) is 0 Å². The van der Waals surface area contributed by atoms with Gasteiger partial charge in [0.05, 0.1) is 5.92 Å². The number of nitrogens with zero attached hydrogens (tertiary/aromatic N) is 2. The molecule has 2 aliphatic rings. The average Bonchev–Trinajstić information content (AvgIpc) is 3.01. The lowest BCUT2D eigenvalue weighted by Gasteiger charge is -2.40. The summed E-state index contributed by atoms with van der Waals surface area (Å²) in [4.78, 5) is 20.5. The standard InChI is InChI=1S/C20H24BN3O.C2H6/c1-4-24(5-2)20(25)12-9-14-13-7-6-8-16-18(13)15(19(21)22-16)10-17(14)23(3)11-12;1-2/h6-9,12,17,22H,4-5,10-11H2,1-3H3;1-2H3. The molecule has 4 nitrogen and oxygen atoms in total. The van der Waals surface area contributed by atoms with Gasteiger partial charge >= 0.3 is 0 Å². The Balaban J connectivity index is 0.00000102. The van der Waals surface area contributed by atoms with Crippen molar-refractivity contribution in [1.82, 2.24) is 14.8 Å². The molecular formula is C22H30BN3O. The van der Waals surface area contributed by atoms with E-state index >= 15 is 0 Å². The second kappa shape index (κ2) is 7.93. The van der Waals surface area contributed by atoms with Crippen molar-refractivity contribution in [2.75, 3.05) is 26.7 Å². The van der Waals surface area contributed by atoms with Crippen molar-refractivity contribution in [3.05, 3.63) is 35.4 Å². The molecule has 142 valence electrons. The van der Waals surface area contributed by atoms with Crippen LogP contribution in [0.4, 0.5) is 0 Å². The number of carbonyl (C=O) groups excluding carboxylic acids is 1. The monoisotopic (exact) mass is 363 g/mol. The SMILES string of the molecule is CC.[B]c1[nH]c2cccc3c2c1CC1C3=CC(C(=O)N(CC)CC)CN1C. The predicted molar refractivity (Wildman–Crippen MR) is 115 cm³/mol. The Bertz CT molecular complexity index is 866. The van der Waals surface area contributed by atoms with E-state index in [4.69, 9.17) is 7.85 Å². The van der Waals surface area contributed by atoms with Gasteiger partial charge < -0.3 is 9.88 Å². The minimum Gasteiger partial charge on any atom is -0.368 e. The fraction of sp³-hybridized carbons (Fsp3) is 0.500. The third-order valence-corrected chi connectivity index (χ3v) is 5.82. The van der Waals surface area contributed by atoms with E-state index in [1.54, 1.807) is 0 Å². The van der Waals surface area contributed by atoms with E-state index in [1.165, 1.54) is 22.1 Å². The highest BCUT2D eigenvalue weighted by Gasteiger charge is 2.36. The Morgan fingerprint density at radius 1 is 1.30 bits per heavy atom. The highest BCUT2D eigenvalue weighted by molar-refractivity contribution is 6.34. The van der Waals surface area contributed by atoms with E-state index in [2.05, 4.69) is 41.2 Å². The molecule has 27 heavy (non-hydrogen) atoms. The van der Waals surface area contributed by atoms with Crippen LogP contribution in [0.15, 0.2) is 24.3 Å². The van der Waals surface area contributed by atoms with Crippen LogP contribution >= 0.6 is 0 Å². The zero-order valence-corrected chi connectivity index (χ0v) is 17.2. The third-order valence-electron chi connectivity index (χ3n) is 5.82. The number of benzene rings is 1. The molecule has 1 amide bonds. The first kappa shape index (κ1) is 19.7. The number of hydrogen-bond acceptors (Lipinski definition) is 2. The van der Waals surface area contributed by atoms with Gasteiger partial charge in [0.1, 0.15) is 7.85 Å². The number of H-pyrrole nitrogens is 1. The van der Waals surface area contributed by atoms with Crippen LogP contribution in [0.3, 0.4) is 0 Å². The fourth-order valence-corrected chi connectivity index (χ4v) is 4.49. The van der Waals surface area contributed by atoms with Gasteiger partial charge in [0.25, 0.3) is 0 Å². The van der Waals surface area contributed by atoms with Gasteiger partial charge in [-0.25, -0.2) is 0 Å². The zero-order chi connectivity index (χ0) is 19.7. The molecule has 2 atom stereocenters. The Morgan fingerprint density at radius 3 is 2.67 bits per heavy atom. The van der Waals surface area contributed by atoms with E-state index < -0.39 is 0 Å². The van der Waals surface area contributed by atoms with Crippen LogP contribution in [0, 0.1) is 5.92 Å². The lowest BCUT2D eigenvalue weighted by atomic mass is 9.77. The number of carbonyl (C=O) groups is 1. The molecule has 2 unspecified atom stereocenters. The van der Waals surface area contributed by atoms with Crippen LogP contribution in [0.25, 0.3) is 16.5 Å². The second-order valence-electron chi connectivity index (χ2n) is 7.14. The molecule has 4 rings (SSSR count). The van der Waals surface area contributed by atoms with Crippen molar-refractivity contribution in [2.24, 2.45) is 5.92 Å². The molecule has 0 fully saturated rings. The quantitative estimate of drug-likeness (QED) is 0.852. The molecule has 0 saturated heterocycles. The second-order valence-corrected chi connectivity index (χ2v) is 7.14. The van der Waals surface area contributed by atoms with Crippen LogP contribution < -0.4 is 5.59 Å². The topological polar surface area (TPSA) is 39.3 Å². The number of rotatable bonds is 3. The molecule has 5 heteroatoms. The van der Waals surface area contributed by atoms with Crippen LogP contribution in [0.1, 0.15) is 38.8 Å². The summed E-state index contributed by atoms with van der Waals surface area (Å²) in [6.07, 6.45) is 3.11. The number of nitrogens with one attached hydrogen (secondary N) is 1. The van der Waals surface area contributed by atoms with E-state index in [0.29, 0.717) is 0 Å². The van der Waals surface area contributed by atoms with Crippen molar-refractivity contribution in [2.45, 2.75) is 40.2 Å². The highest BCUT2D eigenvalue weighted by atomic mass is 16.2. The summed E-state index contributed by atoms with van der Waals surface area (Å²) in [5.74, 6) is 0.151. The molecular weight excluding hydrogens is 333 g/mol. The summed E-state index contributed by atoms with van der Waals surface area (Å²) in [6.45, 7) is 10.4. The Morgan fingerprint density at radius 2 is 2.00 bits per heavy atom. The number of hydrogen-bond donors (Lipinski definition) is 1. The highest BCUT2D eigenvalue weighted by Crippen LogP contribution is 2.40. The summed E-state index contributed by atoms with van der Waals surface area (Å²) in [7, 11) is 8.35. The normalized spacial score (nSPS) is 21.1. The summed E-state index contributed by atoms with van der Waals surface area (Å²) < 4.78 is 0. The first-order chi connectivity index (χ1) is 13.0. The Kier molecular flexibility index (Phi) is 5.80. The number of likely N-dealkylation sites (N-methyl/N-ethyl adjacent to an activating group) is 1. The van der Waals surface area contributed by atoms with Gasteiger partial charge in [-0.2, -0.15) is 0 Å². The van der Waals surface area contributed by atoms with Crippen molar-refractivity contribution in [3.63, 3.8) is 0 Å². The van der Waals surface area contributed by atoms with Gasteiger partial charge in [0.2, 0.25) is 5.91 Å². The van der Waals surface area contributed by atoms with Crippen LogP contribution in [-0.2, 0) is 11.2 Å². The van der Waals surface area contributed by atoms with Gasteiger partial charge in [-0.05, 0) is 55.7 Å². The first-order valence-electron chi connectivity index (χ1n) is 10.1. The minimum atomic E-state index is -0.0794. The van der Waals surface area contributed by atoms with Gasteiger partial charge in [-0.1, -0.05) is 32.1 Å². The number of fused-ring (bicyclic) bond motifs is 2. The molecule has 1 aliphatic heterocycles. The summed E-state index contributed by atoms with van der Waals surface area (Å²) in [5, 5.41) is 1.23. The predicted octanol–water partition coefficient (Wildman–Crippen LogP) is 2.73. The Hall–Kier alpha value is -2.01. The molecule has 0 bridgehead atoms. The number of aromatic nitrogens is 1. The molecule has 2 radical (unpaired) electrons. The number of amides is 1. The summed E-state index contributed by atoms with van der Waals surface area (Å²) in [6, 6.07) is 6.59. The fourth-order valence-electron chi connectivity index (χ4n) is 4.49. The van der Waals surface area contributed by atoms with E-state index in [9.17, 15) is 4.79 Å².